The number of likely N-dealkylation sites (tertiary alicyclic amines) is 1. The van der Waals surface area contributed by atoms with Crippen molar-refractivity contribution in [3.63, 3.8) is 0 Å². The van der Waals surface area contributed by atoms with Crippen molar-refractivity contribution in [1.29, 1.82) is 0 Å². The second-order valence-corrected chi connectivity index (χ2v) is 5.82. The molecule has 1 aliphatic rings. The van der Waals surface area contributed by atoms with E-state index in [2.05, 4.69) is 21.2 Å². The smallest absolute Gasteiger partial charge is 0.253 e. The van der Waals surface area contributed by atoms with Gasteiger partial charge in [0, 0.05) is 23.2 Å². The highest BCUT2D eigenvalue weighted by atomic mass is 79.9. The molecule has 0 saturated carbocycles. The normalized spacial score (nSPS) is 16.0. The molecule has 1 aromatic rings. The van der Waals surface area contributed by atoms with E-state index in [9.17, 15) is 9.59 Å². The van der Waals surface area contributed by atoms with Crippen LogP contribution >= 0.6 is 15.9 Å². The Hall–Kier alpha value is -1.56. The molecule has 5 nitrogen and oxygen atoms in total. The monoisotopic (exact) mass is 339 g/mol. The van der Waals surface area contributed by atoms with Crippen molar-refractivity contribution in [3.8, 4) is 0 Å². The quantitative estimate of drug-likeness (QED) is 0.824. The molecule has 20 heavy (non-hydrogen) atoms. The topological polar surface area (TPSA) is 75.4 Å². The Bertz CT molecular complexity index is 527. The lowest BCUT2D eigenvalue weighted by molar-refractivity contribution is -0.131. The molecule has 0 bridgehead atoms. The Morgan fingerprint density at radius 2 is 2.00 bits per heavy atom. The lowest BCUT2D eigenvalue weighted by Crippen LogP contribution is -2.46. The zero-order valence-electron chi connectivity index (χ0n) is 11.4. The van der Waals surface area contributed by atoms with E-state index in [-0.39, 0.29) is 11.8 Å². The molecule has 0 spiro atoms. The van der Waals surface area contributed by atoms with Crippen LogP contribution in [0.3, 0.4) is 0 Å². The van der Waals surface area contributed by atoms with Crippen molar-refractivity contribution in [1.82, 2.24) is 10.2 Å². The Morgan fingerprint density at radius 3 is 2.65 bits per heavy atom. The van der Waals surface area contributed by atoms with Crippen LogP contribution in [0.4, 0.5) is 5.69 Å². The number of nitrogens with zero attached hydrogens (tertiary/aromatic N) is 1. The predicted molar refractivity (Wildman–Crippen MR) is 81.3 cm³/mol. The highest BCUT2D eigenvalue weighted by Crippen LogP contribution is 2.19. The second kappa shape index (κ2) is 6.26. The summed E-state index contributed by atoms with van der Waals surface area (Å²) in [5.74, 6) is -0.333. The van der Waals surface area contributed by atoms with Gasteiger partial charge in [-0.25, -0.2) is 0 Å². The van der Waals surface area contributed by atoms with E-state index in [4.69, 9.17) is 5.73 Å². The van der Waals surface area contributed by atoms with Crippen molar-refractivity contribution in [2.24, 2.45) is 0 Å². The predicted octanol–water partition coefficient (Wildman–Crippen LogP) is 1.77. The number of anilines is 1. The number of amides is 2. The molecule has 1 unspecified atom stereocenters. The van der Waals surface area contributed by atoms with Gasteiger partial charge in [0.25, 0.3) is 5.91 Å². The van der Waals surface area contributed by atoms with Crippen LogP contribution in [0.5, 0.6) is 0 Å². The minimum Gasteiger partial charge on any atom is -0.399 e. The van der Waals surface area contributed by atoms with E-state index >= 15 is 0 Å². The Kier molecular flexibility index (Phi) is 4.65. The van der Waals surface area contributed by atoms with Crippen LogP contribution in [0.25, 0.3) is 0 Å². The summed E-state index contributed by atoms with van der Waals surface area (Å²) in [5.41, 5.74) is 6.63. The maximum Gasteiger partial charge on any atom is 0.253 e. The highest BCUT2D eigenvalue weighted by molar-refractivity contribution is 9.10. The summed E-state index contributed by atoms with van der Waals surface area (Å²) in [5, 5.41) is 2.73. The standard InChI is InChI=1S/C14H18BrN3O2/c1-9(14(20)18-6-2-3-7-18)17-13(19)11-8-10(16)4-5-12(11)15/h4-5,8-9H,2-3,6-7,16H2,1H3,(H,17,19). The zero-order valence-corrected chi connectivity index (χ0v) is 12.9. The maximum absolute atomic E-state index is 12.2. The van der Waals surface area contributed by atoms with Gasteiger partial charge >= 0.3 is 0 Å². The minimum absolute atomic E-state index is 0.0316. The first-order valence-corrected chi connectivity index (χ1v) is 7.43. The third kappa shape index (κ3) is 3.30. The van der Waals surface area contributed by atoms with Gasteiger partial charge in [0.2, 0.25) is 5.91 Å². The molecule has 1 aliphatic heterocycles. The number of nitrogens with two attached hydrogens (primary N) is 1. The summed E-state index contributed by atoms with van der Waals surface area (Å²) in [6.45, 7) is 3.26. The molecule has 1 heterocycles. The summed E-state index contributed by atoms with van der Waals surface area (Å²) in [6, 6.07) is 4.48. The first-order chi connectivity index (χ1) is 9.49. The average molecular weight is 340 g/mol. The van der Waals surface area contributed by atoms with Crippen LogP contribution < -0.4 is 11.1 Å². The molecule has 6 heteroatoms. The minimum atomic E-state index is -0.533. The Morgan fingerprint density at radius 1 is 1.35 bits per heavy atom. The van der Waals surface area contributed by atoms with Gasteiger partial charge in [0.05, 0.1) is 5.56 Å². The highest BCUT2D eigenvalue weighted by Gasteiger charge is 2.25. The SMILES string of the molecule is CC(NC(=O)c1cc(N)ccc1Br)C(=O)N1CCCC1. The van der Waals surface area contributed by atoms with E-state index in [1.807, 2.05) is 0 Å². The van der Waals surface area contributed by atoms with Crippen LogP contribution in [0, 0.1) is 0 Å². The van der Waals surface area contributed by atoms with E-state index < -0.39 is 6.04 Å². The van der Waals surface area contributed by atoms with Crippen LogP contribution in [-0.2, 0) is 4.79 Å². The second-order valence-electron chi connectivity index (χ2n) is 4.97. The Balaban J connectivity index is 2.03. The van der Waals surface area contributed by atoms with Crippen LogP contribution in [-0.4, -0.2) is 35.8 Å². The lowest BCUT2D eigenvalue weighted by Gasteiger charge is -2.21. The molecule has 2 amide bonds. The fourth-order valence-electron chi connectivity index (χ4n) is 2.26. The molecular formula is C14H18BrN3O2. The number of nitrogens with one attached hydrogen (secondary N) is 1. The number of hydrogen-bond acceptors (Lipinski definition) is 3. The maximum atomic E-state index is 12.2. The average Bonchev–Trinajstić information content (AvgIpc) is 2.94. The molecule has 3 N–H and O–H groups in total. The summed E-state index contributed by atoms with van der Waals surface area (Å²) in [7, 11) is 0. The summed E-state index contributed by atoms with van der Waals surface area (Å²) >= 11 is 3.31. The van der Waals surface area contributed by atoms with Gasteiger partial charge in [0.15, 0.2) is 0 Å². The van der Waals surface area contributed by atoms with Crippen molar-refractivity contribution in [2.45, 2.75) is 25.8 Å². The molecule has 0 aromatic heterocycles. The van der Waals surface area contributed by atoms with Gasteiger partial charge in [-0.3, -0.25) is 9.59 Å². The van der Waals surface area contributed by atoms with Crippen LogP contribution in [0.2, 0.25) is 0 Å². The van der Waals surface area contributed by atoms with Gasteiger partial charge < -0.3 is 16.0 Å². The first-order valence-electron chi connectivity index (χ1n) is 6.63. The van der Waals surface area contributed by atoms with Crippen molar-refractivity contribution >= 4 is 33.4 Å². The zero-order chi connectivity index (χ0) is 14.7. The van der Waals surface area contributed by atoms with Gasteiger partial charge in [-0.2, -0.15) is 0 Å². The first kappa shape index (κ1) is 14.8. The number of halogens is 1. The molecule has 1 saturated heterocycles. The van der Waals surface area contributed by atoms with E-state index in [1.165, 1.54) is 0 Å². The number of hydrogen-bond donors (Lipinski definition) is 2. The largest absolute Gasteiger partial charge is 0.399 e. The number of nitrogen functional groups attached to an aromatic ring is 1. The molecular weight excluding hydrogens is 322 g/mol. The summed E-state index contributed by atoms with van der Waals surface area (Å²) < 4.78 is 0.657. The number of carbonyl (C=O) groups excluding carboxylic acids is 2. The van der Waals surface area contributed by atoms with Crippen molar-refractivity contribution < 1.29 is 9.59 Å². The molecule has 1 atom stereocenters. The fraction of sp³-hybridized carbons (Fsp3) is 0.429. The molecule has 0 radical (unpaired) electrons. The lowest BCUT2D eigenvalue weighted by atomic mass is 10.1. The summed E-state index contributed by atoms with van der Waals surface area (Å²) in [4.78, 5) is 26.1. The molecule has 1 aromatic carbocycles. The van der Waals surface area contributed by atoms with E-state index in [0.29, 0.717) is 15.7 Å². The number of benzene rings is 1. The Labute approximate surface area is 126 Å². The van der Waals surface area contributed by atoms with Gasteiger partial charge in [-0.15, -0.1) is 0 Å². The fourth-order valence-corrected chi connectivity index (χ4v) is 2.69. The summed E-state index contributed by atoms with van der Waals surface area (Å²) in [6.07, 6.45) is 2.07. The van der Waals surface area contributed by atoms with Crippen molar-refractivity contribution in [3.05, 3.63) is 28.2 Å². The van der Waals surface area contributed by atoms with Gasteiger partial charge in [-0.05, 0) is 53.9 Å². The van der Waals surface area contributed by atoms with Crippen molar-refractivity contribution in [2.75, 3.05) is 18.8 Å². The van der Waals surface area contributed by atoms with Crippen LogP contribution in [0.15, 0.2) is 22.7 Å². The third-order valence-electron chi connectivity index (χ3n) is 3.37. The van der Waals surface area contributed by atoms with Gasteiger partial charge in [-0.1, -0.05) is 0 Å². The number of rotatable bonds is 3. The van der Waals surface area contributed by atoms with Gasteiger partial charge in [0.1, 0.15) is 6.04 Å². The van der Waals surface area contributed by atoms with E-state index in [1.54, 1.807) is 30.0 Å². The number of carbonyl (C=O) groups is 2. The third-order valence-corrected chi connectivity index (χ3v) is 4.06. The molecule has 0 aliphatic carbocycles. The molecule has 2 rings (SSSR count). The van der Waals surface area contributed by atoms with Crippen LogP contribution in [0.1, 0.15) is 30.1 Å². The molecule has 108 valence electrons. The molecule has 1 fully saturated rings. The van der Waals surface area contributed by atoms with E-state index in [0.717, 1.165) is 25.9 Å².